The summed E-state index contributed by atoms with van der Waals surface area (Å²) < 4.78 is 44.9. The number of carbonyl (C=O) groups is 1. The smallest absolute Gasteiger partial charge is 0.338 e. The number of esters is 1. The zero-order valence-electron chi connectivity index (χ0n) is 15.6. The highest BCUT2D eigenvalue weighted by Gasteiger charge is 2.16. The summed E-state index contributed by atoms with van der Waals surface area (Å²) in [7, 11) is 1.90. The van der Waals surface area contributed by atoms with Crippen molar-refractivity contribution in [2.45, 2.75) is 27.4 Å². The number of benzene rings is 2. The molecule has 0 spiro atoms. The van der Waals surface area contributed by atoms with Gasteiger partial charge in [-0.15, -0.1) is 0 Å². The van der Waals surface area contributed by atoms with Crippen LogP contribution in [-0.4, -0.2) is 30.8 Å². The highest BCUT2D eigenvalue weighted by Crippen LogP contribution is 2.24. The molecule has 4 nitrogen and oxygen atoms in total. The van der Waals surface area contributed by atoms with Gasteiger partial charge in [0.15, 0.2) is 11.6 Å². The Balaban J connectivity index is 2.16. The van der Waals surface area contributed by atoms with Crippen LogP contribution < -0.4 is 0 Å². The molecule has 0 unspecified atom stereocenters. The second kappa shape index (κ2) is 8.70. The molecule has 0 saturated carbocycles. The van der Waals surface area contributed by atoms with Gasteiger partial charge >= 0.3 is 5.97 Å². The quantitative estimate of drug-likeness (QED) is 0.317. The molecular formula is C20H21F3N2O2. The first-order valence-electron chi connectivity index (χ1n) is 8.39. The molecule has 0 atom stereocenters. The van der Waals surface area contributed by atoms with Gasteiger partial charge in [-0.1, -0.05) is 0 Å². The normalized spacial score (nSPS) is 11.1. The maximum absolute atomic E-state index is 13.6. The lowest BCUT2D eigenvalue weighted by atomic mass is 10.0. The minimum atomic E-state index is -1.29. The lowest BCUT2D eigenvalue weighted by Gasteiger charge is -2.12. The summed E-state index contributed by atoms with van der Waals surface area (Å²) in [6, 6.07) is 4.49. The molecule has 0 amide bonds. The van der Waals surface area contributed by atoms with Gasteiger partial charge in [-0.05, 0) is 50.1 Å². The van der Waals surface area contributed by atoms with Crippen molar-refractivity contribution in [3.63, 3.8) is 0 Å². The highest BCUT2D eigenvalue weighted by molar-refractivity contribution is 5.92. The second-order valence-electron chi connectivity index (χ2n) is 6.21. The number of halogens is 3. The number of hydrogen-bond acceptors (Lipinski definition) is 3. The van der Waals surface area contributed by atoms with Gasteiger partial charge in [0.1, 0.15) is 12.4 Å². The Morgan fingerprint density at radius 2 is 1.74 bits per heavy atom. The molecule has 0 aliphatic carbocycles. The average molecular weight is 378 g/mol. The topological polar surface area (TPSA) is 41.9 Å². The van der Waals surface area contributed by atoms with Crippen molar-refractivity contribution in [3.8, 4) is 0 Å². The van der Waals surface area contributed by atoms with E-state index in [1.54, 1.807) is 25.4 Å². The van der Waals surface area contributed by atoms with Gasteiger partial charge in [-0.25, -0.2) is 23.0 Å². The fourth-order valence-corrected chi connectivity index (χ4v) is 2.30. The van der Waals surface area contributed by atoms with Crippen LogP contribution in [0, 0.1) is 31.3 Å². The summed E-state index contributed by atoms with van der Waals surface area (Å²) >= 11 is 0. The van der Waals surface area contributed by atoms with E-state index in [1.807, 2.05) is 25.8 Å². The van der Waals surface area contributed by atoms with Gasteiger partial charge < -0.3 is 9.64 Å². The van der Waals surface area contributed by atoms with Crippen LogP contribution in [0.25, 0.3) is 0 Å². The lowest BCUT2D eigenvalue weighted by molar-refractivity contribution is 0.0467. The molecule has 0 radical (unpaired) electrons. The molecule has 0 fully saturated rings. The molecule has 0 bridgehead atoms. The average Bonchev–Trinajstić information content (AvgIpc) is 2.63. The van der Waals surface area contributed by atoms with Gasteiger partial charge in [0.2, 0.25) is 0 Å². The van der Waals surface area contributed by atoms with E-state index in [9.17, 15) is 18.0 Å². The largest absolute Gasteiger partial charge is 0.457 e. The van der Waals surface area contributed by atoms with E-state index in [4.69, 9.17) is 4.74 Å². The second-order valence-corrected chi connectivity index (χ2v) is 6.21. The number of aryl methyl sites for hydroxylation is 2. The van der Waals surface area contributed by atoms with Gasteiger partial charge in [-0.2, -0.15) is 0 Å². The Morgan fingerprint density at radius 1 is 1.07 bits per heavy atom. The van der Waals surface area contributed by atoms with Crippen molar-refractivity contribution < 1.29 is 22.7 Å². The molecule has 0 aromatic heterocycles. The first kappa shape index (κ1) is 20.5. The van der Waals surface area contributed by atoms with E-state index >= 15 is 0 Å². The standard InChI is InChI=1S/C20H21F3N2O2/c1-5-25(4)11-24-19-7-12(2)15(6-13(19)3)20(26)27-10-14-8-17(22)18(23)9-16(14)21/h6-9,11H,5,10H2,1-4H3/b24-11+. The molecule has 27 heavy (non-hydrogen) atoms. The Hall–Kier alpha value is -2.83. The minimum absolute atomic E-state index is 0.236. The van der Waals surface area contributed by atoms with Crippen molar-refractivity contribution in [1.82, 2.24) is 4.90 Å². The third kappa shape index (κ3) is 5.09. The molecule has 2 aromatic carbocycles. The molecule has 0 aliphatic rings. The Labute approximate surface area is 156 Å². The van der Waals surface area contributed by atoms with Gasteiger partial charge in [-0.3, -0.25) is 0 Å². The zero-order chi connectivity index (χ0) is 20.1. The number of nitrogens with zero attached hydrogens (tertiary/aromatic N) is 2. The monoisotopic (exact) mass is 378 g/mol. The van der Waals surface area contributed by atoms with Crippen molar-refractivity contribution in [1.29, 1.82) is 0 Å². The van der Waals surface area contributed by atoms with Crippen LogP contribution in [0.2, 0.25) is 0 Å². The van der Waals surface area contributed by atoms with Crippen LogP contribution in [0.15, 0.2) is 29.3 Å². The molecule has 0 N–H and O–H groups in total. The summed E-state index contributed by atoms with van der Waals surface area (Å²) in [6.07, 6.45) is 1.70. The summed E-state index contributed by atoms with van der Waals surface area (Å²) in [5.74, 6) is -4.15. The zero-order valence-corrected chi connectivity index (χ0v) is 15.6. The predicted molar refractivity (Wildman–Crippen MR) is 97.8 cm³/mol. The summed E-state index contributed by atoms with van der Waals surface area (Å²) in [5, 5.41) is 0. The molecule has 0 heterocycles. The van der Waals surface area contributed by atoms with Gasteiger partial charge in [0.25, 0.3) is 0 Å². The van der Waals surface area contributed by atoms with E-state index in [-0.39, 0.29) is 5.56 Å². The fraction of sp³-hybridized carbons (Fsp3) is 0.300. The SMILES string of the molecule is CCN(C)/C=N/c1cc(C)c(C(=O)OCc2cc(F)c(F)cc2F)cc1C. The summed E-state index contributed by atoms with van der Waals surface area (Å²) in [6.45, 7) is 5.85. The Bertz CT molecular complexity index is 882. The maximum Gasteiger partial charge on any atom is 0.338 e. The number of carbonyl (C=O) groups excluding carboxylic acids is 1. The van der Waals surface area contributed by atoms with Crippen LogP contribution in [0.5, 0.6) is 0 Å². The molecule has 7 heteroatoms. The molecule has 2 rings (SSSR count). The van der Waals surface area contributed by atoms with Crippen LogP contribution in [0.4, 0.5) is 18.9 Å². The predicted octanol–water partition coefficient (Wildman–Crippen LogP) is 4.69. The van der Waals surface area contributed by atoms with Crippen LogP contribution in [0.1, 0.15) is 34.0 Å². The Morgan fingerprint density at radius 3 is 2.41 bits per heavy atom. The van der Waals surface area contributed by atoms with E-state index in [0.29, 0.717) is 23.3 Å². The van der Waals surface area contributed by atoms with Crippen LogP contribution >= 0.6 is 0 Å². The van der Waals surface area contributed by atoms with E-state index in [0.717, 1.165) is 17.8 Å². The summed E-state index contributed by atoms with van der Waals surface area (Å²) in [4.78, 5) is 18.6. The number of aliphatic imine (C=N–C) groups is 1. The molecule has 0 saturated heterocycles. The van der Waals surface area contributed by atoms with Crippen LogP contribution in [-0.2, 0) is 11.3 Å². The van der Waals surface area contributed by atoms with E-state index in [1.165, 1.54) is 0 Å². The Kier molecular flexibility index (Phi) is 6.60. The lowest BCUT2D eigenvalue weighted by Crippen LogP contribution is -2.14. The van der Waals surface area contributed by atoms with Crippen molar-refractivity contribution in [2.75, 3.05) is 13.6 Å². The van der Waals surface area contributed by atoms with Crippen molar-refractivity contribution >= 4 is 18.0 Å². The molecule has 2 aromatic rings. The van der Waals surface area contributed by atoms with Crippen LogP contribution in [0.3, 0.4) is 0 Å². The third-order valence-corrected chi connectivity index (χ3v) is 4.10. The van der Waals surface area contributed by atoms with Crippen molar-refractivity contribution in [3.05, 3.63) is 64.0 Å². The molecular weight excluding hydrogens is 357 g/mol. The van der Waals surface area contributed by atoms with Gasteiger partial charge in [0, 0.05) is 25.2 Å². The molecule has 0 aliphatic heterocycles. The van der Waals surface area contributed by atoms with Crippen molar-refractivity contribution in [2.24, 2.45) is 4.99 Å². The van der Waals surface area contributed by atoms with Gasteiger partial charge in [0.05, 0.1) is 17.6 Å². The number of hydrogen-bond donors (Lipinski definition) is 0. The first-order chi connectivity index (χ1) is 12.7. The maximum atomic E-state index is 13.6. The number of rotatable bonds is 6. The van der Waals surface area contributed by atoms with E-state index in [2.05, 4.69) is 4.99 Å². The molecule has 144 valence electrons. The van der Waals surface area contributed by atoms with E-state index < -0.39 is 30.0 Å². The minimum Gasteiger partial charge on any atom is -0.457 e. The number of ether oxygens (including phenoxy) is 1. The summed E-state index contributed by atoms with van der Waals surface area (Å²) in [5.41, 5.74) is 2.20. The third-order valence-electron chi connectivity index (χ3n) is 4.10. The first-order valence-corrected chi connectivity index (χ1v) is 8.39. The fourth-order valence-electron chi connectivity index (χ4n) is 2.30. The highest BCUT2D eigenvalue weighted by atomic mass is 19.2.